The summed E-state index contributed by atoms with van der Waals surface area (Å²) in [4.78, 5) is 0. The Kier molecular flexibility index (Phi) is 3.82. The predicted octanol–water partition coefficient (Wildman–Crippen LogP) is 3.12. The maximum Gasteiger partial charge on any atom is 0.163 e. The van der Waals surface area contributed by atoms with Gasteiger partial charge in [-0.25, -0.2) is 8.78 Å². The summed E-state index contributed by atoms with van der Waals surface area (Å²) in [5.41, 5.74) is 0.446. The second-order valence-corrected chi connectivity index (χ2v) is 5.55. The van der Waals surface area contributed by atoms with E-state index in [0.717, 1.165) is 24.8 Å². The number of thioether (sulfide) groups is 1. The third kappa shape index (κ3) is 2.55. The van der Waals surface area contributed by atoms with Crippen LogP contribution < -0.4 is 5.32 Å². The van der Waals surface area contributed by atoms with Crippen molar-refractivity contribution in [3.05, 3.63) is 35.4 Å². The fraction of sp³-hybridized carbons (Fsp3) is 0.500. The molecule has 1 saturated heterocycles. The van der Waals surface area contributed by atoms with E-state index in [1.807, 2.05) is 0 Å². The molecule has 2 atom stereocenters. The summed E-state index contributed by atoms with van der Waals surface area (Å²) in [7, 11) is 0. The van der Waals surface area contributed by atoms with Crippen LogP contribution in [0.5, 0.6) is 0 Å². The van der Waals surface area contributed by atoms with Crippen molar-refractivity contribution in [1.29, 1.82) is 0 Å². The van der Waals surface area contributed by atoms with Crippen LogP contribution in [0.15, 0.2) is 18.2 Å². The van der Waals surface area contributed by atoms with E-state index in [9.17, 15) is 8.78 Å². The van der Waals surface area contributed by atoms with Crippen LogP contribution in [0.4, 0.5) is 8.78 Å². The van der Waals surface area contributed by atoms with Crippen LogP contribution in [0.2, 0.25) is 0 Å². The van der Waals surface area contributed by atoms with Gasteiger partial charge in [0.2, 0.25) is 0 Å². The van der Waals surface area contributed by atoms with E-state index in [1.54, 1.807) is 23.9 Å². The molecular formula is C12H15F2NS. The number of hydrogen-bond acceptors (Lipinski definition) is 2. The number of rotatable bonds is 1. The van der Waals surface area contributed by atoms with Gasteiger partial charge in [0.05, 0.1) is 0 Å². The van der Waals surface area contributed by atoms with Crippen LogP contribution in [0, 0.1) is 11.6 Å². The van der Waals surface area contributed by atoms with Crippen molar-refractivity contribution < 1.29 is 8.78 Å². The average molecular weight is 243 g/mol. The number of benzene rings is 1. The van der Waals surface area contributed by atoms with Crippen molar-refractivity contribution in [2.24, 2.45) is 0 Å². The Morgan fingerprint density at radius 2 is 2.19 bits per heavy atom. The summed E-state index contributed by atoms with van der Waals surface area (Å²) in [6, 6.07) is 4.30. The van der Waals surface area contributed by atoms with Crippen LogP contribution in [0.25, 0.3) is 0 Å². The molecule has 1 aliphatic rings. The van der Waals surface area contributed by atoms with Gasteiger partial charge in [-0.3, -0.25) is 0 Å². The van der Waals surface area contributed by atoms with E-state index in [0.29, 0.717) is 10.8 Å². The Hall–Kier alpha value is -0.610. The smallest absolute Gasteiger partial charge is 0.163 e. The molecule has 2 rings (SSSR count). The topological polar surface area (TPSA) is 12.0 Å². The summed E-state index contributed by atoms with van der Waals surface area (Å²) in [5.74, 6) is -0.682. The molecule has 0 saturated carbocycles. The van der Waals surface area contributed by atoms with Crippen LogP contribution in [0.3, 0.4) is 0 Å². The quantitative estimate of drug-likeness (QED) is 0.813. The number of nitrogens with one attached hydrogen (secondary N) is 1. The molecule has 88 valence electrons. The van der Waals surface area contributed by atoms with Gasteiger partial charge in [-0.1, -0.05) is 19.1 Å². The Balaban J connectivity index is 2.20. The van der Waals surface area contributed by atoms with Gasteiger partial charge >= 0.3 is 0 Å². The lowest BCUT2D eigenvalue weighted by Gasteiger charge is -2.16. The minimum atomic E-state index is -0.762. The van der Waals surface area contributed by atoms with Crippen molar-refractivity contribution in [2.75, 3.05) is 12.3 Å². The van der Waals surface area contributed by atoms with Gasteiger partial charge in [-0.15, -0.1) is 0 Å². The first-order valence-corrected chi connectivity index (χ1v) is 6.52. The fourth-order valence-electron chi connectivity index (χ4n) is 1.85. The first-order chi connectivity index (χ1) is 7.68. The Morgan fingerprint density at radius 3 is 3.00 bits per heavy atom. The zero-order valence-corrected chi connectivity index (χ0v) is 9.99. The van der Waals surface area contributed by atoms with E-state index in [2.05, 4.69) is 12.2 Å². The SMILES string of the molecule is CC1CCNC(c2cccc(F)c2F)CS1. The largest absolute Gasteiger partial charge is 0.309 e. The molecule has 0 aromatic heterocycles. The summed E-state index contributed by atoms with van der Waals surface area (Å²) < 4.78 is 26.7. The monoisotopic (exact) mass is 243 g/mol. The number of halogens is 2. The zero-order chi connectivity index (χ0) is 11.5. The van der Waals surface area contributed by atoms with Gasteiger partial charge in [0.1, 0.15) is 0 Å². The third-order valence-corrected chi connectivity index (χ3v) is 4.18. The Morgan fingerprint density at radius 1 is 1.38 bits per heavy atom. The lowest BCUT2D eigenvalue weighted by Crippen LogP contribution is -2.23. The lowest BCUT2D eigenvalue weighted by atomic mass is 10.1. The van der Waals surface area contributed by atoms with E-state index >= 15 is 0 Å². The first-order valence-electron chi connectivity index (χ1n) is 5.47. The maximum absolute atomic E-state index is 13.6. The average Bonchev–Trinajstić information content (AvgIpc) is 2.47. The number of hydrogen-bond donors (Lipinski definition) is 1. The summed E-state index contributed by atoms with van der Waals surface area (Å²) >= 11 is 1.80. The van der Waals surface area contributed by atoms with Crippen molar-refractivity contribution in [1.82, 2.24) is 5.32 Å². The molecule has 1 aromatic rings. The molecule has 4 heteroatoms. The highest BCUT2D eigenvalue weighted by atomic mass is 32.2. The minimum absolute atomic E-state index is 0.0781. The van der Waals surface area contributed by atoms with E-state index in [4.69, 9.17) is 0 Å². The molecule has 1 nitrogen and oxygen atoms in total. The predicted molar refractivity (Wildman–Crippen MR) is 63.6 cm³/mol. The second kappa shape index (κ2) is 5.15. The fourth-order valence-corrected chi connectivity index (χ4v) is 2.96. The van der Waals surface area contributed by atoms with Crippen LogP contribution in [0.1, 0.15) is 24.9 Å². The highest BCUT2D eigenvalue weighted by Gasteiger charge is 2.21. The molecule has 16 heavy (non-hydrogen) atoms. The third-order valence-electron chi connectivity index (χ3n) is 2.85. The van der Waals surface area contributed by atoms with Crippen LogP contribution >= 0.6 is 11.8 Å². The van der Waals surface area contributed by atoms with Crippen molar-refractivity contribution in [2.45, 2.75) is 24.6 Å². The summed E-state index contributed by atoms with van der Waals surface area (Å²) in [6.07, 6.45) is 1.07. The molecule has 2 unspecified atom stereocenters. The molecule has 0 bridgehead atoms. The van der Waals surface area contributed by atoms with Gasteiger partial charge < -0.3 is 5.32 Å². The molecule has 1 heterocycles. The zero-order valence-electron chi connectivity index (χ0n) is 9.17. The van der Waals surface area contributed by atoms with Crippen molar-refractivity contribution in [3.63, 3.8) is 0 Å². The van der Waals surface area contributed by atoms with Crippen molar-refractivity contribution in [3.8, 4) is 0 Å². The molecule has 0 amide bonds. The summed E-state index contributed by atoms with van der Waals surface area (Å²) in [6.45, 7) is 3.02. The van der Waals surface area contributed by atoms with Gasteiger partial charge in [0.25, 0.3) is 0 Å². The second-order valence-electron chi connectivity index (χ2n) is 4.08. The van der Waals surface area contributed by atoms with Gasteiger partial charge in [0, 0.05) is 22.6 Å². The standard InChI is InChI=1S/C12H15F2NS/c1-8-5-6-15-11(7-16-8)9-3-2-4-10(13)12(9)14/h2-4,8,11,15H,5-7H2,1H3. The molecule has 0 spiro atoms. The van der Waals surface area contributed by atoms with E-state index in [1.165, 1.54) is 0 Å². The molecule has 1 fully saturated rings. The molecule has 1 N–H and O–H groups in total. The Bertz CT molecular complexity index is 370. The van der Waals surface area contributed by atoms with Crippen LogP contribution in [-0.2, 0) is 0 Å². The molecule has 1 aromatic carbocycles. The highest BCUT2D eigenvalue weighted by molar-refractivity contribution is 7.99. The normalized spacial score (nSPS) is 26.4. The molecule has 1 aliphatic heterocycles. The van der Waals surface area contributed by atoms with Gasteiger partial charge in [0.15, 0.2) is 11.6 Å². The van der Waals surface area contributed by atoms with Gasteiger partial charge in [-0.2, -0.15) is 11.8 Å². The van der Waals surface area contributed by atoms with Crippen LogP contribution in [-0.4, -0.2) is 17.5 Å². The highest BCUT2D eigenvalue weighted by Crippen LogP contribution is 2.28. The molecular weight excluding hydrogens is 228 g/mol. The molecule has 0 aliphatic carbocycles. The lowest BCUT2D eigenvalue weighted by molar-refractivity contribution is 0.476. The first kappa shape index (κ1) is 11.9. The van der Waals surface area contributed by atoms with E-state index in [-0.39, 0.29) is 6.04 Å². The minimum Gasteiger partial charge on any atom is -0.309 e. The Labute approximate surface area is 98.6 Å². The van der Waals surface area contributed by atoms with E-state index < -0.39 is 11.6 Å². The molecule has 0 radical (unpaired) electrons. The maximum atomic E-state index is 13.6. The van der Waals surface area contributed by atoms with Gasteiger partial charge in [-0.05, 0) is 19.0 Å². The summed E-state index contributed by atoms with van der Waals surface area (Å²) in [5, 5.41) is 3.85. The van der Waals surface area contributed by atoms with Crippen molar-refractivity contribution >= 4 is 11.8 Å².